The van der Waals surface area contributed by atoms with E-state index in [2.05, 4.69) is 10.3 Å². The number of carbonyl (C=O) groups is 1. The Morgan fingerprint density at radius 3 is 2.79 bits per heavy atom. The van der Waals surface area contributed by atoms with Crippen LogP contribution in [0.25, 0.3) is 11.3 Å². The third-order valence-corrected chi connectivity index (χ3v) is 2.85. The van der Waals surface area contributed by atoms with Crippen LogP contribution in [0.5, 0.6) is 5.75 Å². The van der Waals surface area contributed by atoms with Gasteiger partial charge in [0.05, 0.1) is 7.11 Å². The number of aromatic carboxylic acids is 1. The largest absolute Gasteiger partial charge is 0.496 e. The molecular formula is C13H15N3O3. The van der Waals surface area contributed by atoms with Crippen LogP contribution in [0.15, 0.2) is 18.2 Å². The van der Waals surface area contributed by atoms with E-state index in [-0.39, 0.29) is 5.69 Å². The van der Waals surface area contributed by atoms with Crippen molar-refractivity contribution in [3.8, 4) is 17.0 Å². The van der Waals surface area contributed by atoms with E-state index >= 15 is 0 Å². The van der Waals surface area contributed by atoms with E-state index < -0.39 is 5.97 Å². The van der Waals surface area contributed by atoms with Crippen LogP contribution in [0.3, 0.4) is 0 Å². The Morgan fingerprint density at radius 1 is 1.47 bits per heavy atom. The van der Waals surface area contributed by atoms with Gasteiger partial charge in [-0.25, -0.2) is 9.48 Å². The molecule has 6 nitrogen and oxygen atoms in total. The lowest BCUT2D eigenvalue weighted by Gasteiger charge is -2.11. The van der Waals surface area contributed by atoms with Crippen LogP contribution in [-0.4, -0.2) is 33.2 Å². The fourth-order valence-corrected chi connectivity index (χ4v) is 1.95. The van der Waals surface area contributed by atoms with Crippen molar-refractivity contribution >= 4 is 5.97 Å². The molecule has 19 heavy (non-hydrogen) atoms. The molecule has 0 spiro atoms. The summed E-state index contributed by atoms with van der Waals surface area (Å²) in [5, 5.41) is 16.8. The zero-order valence-corrected chi connectivity index (χ0v) is 11.0. The maximum atomic E-state index is 11.3. The Kier molecular flexibility index (Phi) is 3.50. The van der Waals surface area contributed by atoms with Gasteiger partial charge in [-0.2, -0.15) is 0 Å². The first-order valence-electron chi connectivity index (χ1n) is 5.90. The van der Waals surface area contributed by atoms with Crippen LogP contribution in [-0.2, 0) is 6.54 Å². The van der Waals surface area contributed by atoms with Crippen LogP contribution in [0.1, 0.15) is 23.0 Å². The first-order valence-corrected chi connectivity index (χ1v) is 5.90. The zero-order valence-electron chi connectivity index (χ0n) is 11.0. The number of methoxy groups -OCH3 is 1. The van der Waals surface area contributed by atoms with Crippen molar-refractivity contribution in [3.63, 3.8) is 0 Å². The molecule has 1 heterocycles. The summed E-state index contributed by atoms with van der Waals surface area (Å²) in [6.45, 7) is 4.35. The molecule has 0 radical (unpaired) electrons. The monoisotopic (exact) mass is 261 g/mol. The molecule has 100 valence electrons. The Balaban J connectivity index is 2.73. The number of aryl methyl sites for hydroxylation is 2. The Bertz CT molecular complexity index is 620. The average Bonchev–Trinajstić information content (AvgIpc) is 2.82. The highest BCUT2D eigenvalue weighted by Crippen LogP contribution is 2.32. The molecule has 0 aliphatic carbocycles. The zero-order chi connectivity index (χ0) is 14.0. The second kappa shape index (κ2) is 5.09. The van der Waals surface area contributed by atoms with Gasteiger partial charge in [-0.15, -0.1) is 5.10 Å². The molecule has 1 aromatic carbocycles. The summed E-state index contributed by atoms with van der Waals surface area (Å²) < 4.78 is 6.85. The Labute approximate surface area is 110 Å². The van der Waals surface area contributed by atoms with Crippen molar-refractivity contribution in [3.05, 3.63) is 29.5 Å². The lowest BCUT2D eigenvalue weighted by molar-refractivity contribution is 0.0691. The fourth-order valence-electron chi connectivity index (χ4n) is 1.95. The molecule has 0 saturated heterocycles. The van der Waals surface area contributed by atoms with Gasteiger partial charge in [0.25, 0.3) is 0 Å². The lowest BCUT2D eigenvalue weighted by Crippen LogP contribution is -2.04. The maximum Gasteiger partial charge on any atom is 0.358 e. The quantitative estimate of drug-likeness (QED) is 0.910. The van der Waals surface area contributed by atoms with E-state index in [1.807, 2.05) is 32.0 Å². The average molecular weight is 261 g/mol. The minimum atomic E-state index is -1.10. The SMILES string of the molecule is CCn1nnc(C(=O)O)c1-c1cc(C)ccc1OC. The highest BCUT2D eigenvalue weighted by molar-refractivity contribution is 5.93. The molecule has 1 N–H and O–H groups in total. The molecule has 0 unspecified atom stereocenters. The standard InChI is InChI=1S/C13H15N3O3/c1-4-16-12(11(13(17)18)14-15-16)9-7-8(2)5-6-10(9)19-3/h5-7H,4H2,1-3H3,(H,17,18). The summed E-state index contributed by atoms with van der Waals surface area (Å²) in [4.78, 5) is 11.3. The maximum absolute atomic E-state index is 11.3. The van der Waals surface area contributed by atoms with E-state index in [1.165, 1.54) is 0 Å². The summed E-state index contributed by atoms with van der Waals surface area (Å²) in [5.74, 6) is -0.497. The van der Waals surface area contributed by atoms with Gasteiger partial charge in [0.1, 0.15) is 11.4 Å². The number of hydrogen-bond donors (Lipinski definition) is 1. The molecule has 2 aromatic rings. The van der Waals surface area contributed by atoms with Crippen LogP contribution < -0.4 is 4.74 Å². The normalized spacial score (nSPS) is 10.5. The Hall–Kier alpha value is -2.37. The van der Waals surface area contributed by atoms with Crippen molar-refractivity contribution in [2.24, 2.45) is 0 Å². The summed E-state index contributed by atoms with van der Waals surface area (Å²) >= 11 is 0. The van der Waals surface area contributed by atoms with E-state index in [9.17, 15) is 9.90 Å². The molecule has 0 fully saturated rings. The molecule has 0 saturated carbocycles. The Morgan fingerprint density at radius 2 is 2.21 bits per heavy atom. The molecule has 0 amide bonds. The third-order valence-electron chi connectivity index (χ3n) is 2.85. The van der Waals surface area contributed by atoms with E-state index in [0.29, 0.717) is 23.6 Å². The van der Waals surface area contributed by atoms with Gasteiger partial charge in [0, 0.05) is 12.1 Å². The van der Waals surface area contributed by atoms with Crippen molar-refractivity contribution in [1.82, 2.24) is 15.0 Å². The van der Waals surface area contributed by atoms with Crippen molar-refractivity contribution in [2.75, 3.05) is 7.11 Å². The van der Waals surface area contributed by atoms with Gasteiger partial charge in [-0.1, -0.05) is 16.8 Å². The highest BCUT2D eigenvalue weighted by Gasteiger charge is 2.22. The number of carboxylic acid groups (broad SMARTS) is 1. The number of aromatic nitrogens is 3. The lowest BCUT2D eigenvalue weighted by atomic mass is 10.1. The number of nitrogens with zero attached hydrogens (tertiary/aromatic N) is 3. The highest BCUT2D eigenvalue weighted by atomic mass is 16.5. The number of benzene rings is 1. The van der Waals surface area contributed by atoms with Gasteiger partial charge in [-0.05, 0) is 26.0 Å². The van der Waals surface area contributed by atoms with Crippen molar-refractivity contribution in [1.29, 1.82) is 0 Å². The number of hydrogen-bond acceptors (Lipinski definition) is 4. The second-order valence-corrected chi connectivity index (χ2v) is 4.11. The summed E-state index contributed by atoms with van der Waals surface area (Å²) in [6.07, 6.45) is 0. The number of ether oxygens (including phenoxy) is 1. The summed E-state index contributed by atoms with van der Waals surface area (Å²) in [5.41, 5.74) is 2.10. The molecule has 2 rings (SSSR count). The van der Waals surface area contributed by atoms with Gasteiger partial charge in [-0.3, -0.25) is 0 Å². The third kappa shape index (κ3) is 2.29. The predicted octanol–water partition coefficient (Wildman–Crippen LogP) is 1.98. The van der Waals surface area contributed by atoms with E-state index in [4.69, 9.17) is 4.74 Å². The topological polar surface area (TPSA) is 77.2 Å². The van der Waals surface area contributed by atoms with Crippen molar-refractivity contribution < 1.29 is 14.6 Å². The smallest absolute Gasteiger partial charge is 0.358 e. The molecule has 1 aromatic heterocycles. The predicted molar refractivity (Wildman–Crippen MR) is 69.4 cm³/mol. The molecule has 0 aliphatic rings. The summed E-state index contributed by atoms with van der Waals surface area (Å²) in [6, 6.07) is 5.59. The molecule has 0 aliphatic heterocycles. The van der Waals surface area contributed by atoms with Gasteiger partial charge in [0.15, 0.2) is 5.69 Å². The second-order valence-electron chi connectivity index (χ2n) is 4.11. The van der Waals surface area contributed by atoms with Crippen molar-refractivity contribution in [2.45, 2.75) is 20.4 Å². The van der Waals surface area contributed by atoms with Gasteiger partial charge < -0.3 is 9.84 Å². The molecule has 6 heteroatoms. The first kappa shape index (κ1) is 13.1. The number of rotatable bonds is 4. The van der Waals surface area contributed by atoms with Crippen LogP contribution in [0.4, 0.5) is 0 Å². The first-order chi connectivity index (χ1) is 9.08. The molecule has 0 atom stereocenters. The van der Waals surface area contributed by atoms with E-state index in [1.54, 1.807) is 11.8 Å². The van der Waals surface area contributed by atoms with Crippen LogP contribution in [0, 0.1) is 6.92 Å². The number of carboxylic acids is 1. The minimum Gasteiger partial charge on any atom is -0.496 e. The van der Waals surface area contributed by atoms with Crippen LogP contribution in [0.2, 0.25) is 0 Å². The molecular weight excluding hydrogens is 246 g/mol. The molecule has 0 bridgehead atoms. The fraction of sp³-hybridized carbons (Fsp3) is 0.308. The summed E-state index contributed by atoms with van der Waals surface area (Å²) in [7, 11) is 1.55. The van der Waals surface area contributed by atoms with Gasteiger partial charge >= 0.3 is 5.97 Å². The minimum absolute atomic E-state index is 0.0641. The van der Waals surface area contributed by atoms with Crippen LogP contribution >= 0.6 is 0 Å². The van der Waals surface area contributed by atoms with E-state index in [0.717, 1.165) is 5.56 Å². The van der Waals surface area contributed by atoms with Gasteiger partial charge in [0.2, 0.25) is 0 Å².